The molecule has 0 rings (SSSR count). The van der Waals surface area contributed by atoms with Gasteiger partial charge in [0.2, 0.25) is 9.93 Å². The second-order valence-electron chi connectivity index (χ2n) is 0. The Morgan fingerprint density at radius 3 is 0.471 bits per heavy atom. The molecule has 0 fully saturated rings. The van der Waals surface area contributed by atoms with Gasteiger partial charge in [-0.05, 0) is 0 Å². The van der Waals surface area contributed by atoms with Crippen molar-refractivity contribution in [1.82, 2.24) is 0 Å². The van der Waals surface area contributed by atoms with Crippen molar-refractivity contribution in [1.29, 1.82) is 0 Å². The van der Waals surface area contributed by atoms with E-state index in [1.165, 1.54) is 0 Å². The molecule has 108 valence electrons. The van der Waals surface area contributed by atoms with Gasteiger partial charge < -0.3 is 0 Å². The van der Waals surface area contributed by atoms with Gasteiger partial charge in [-0.2, -0.15) is 0 Å². The summed E-state index contributed by atoms with van der Waals surface area (Å²) in [6, 6.07) is 0. The zero-order chi connectivity index (χ0) is 14.0. The van der Waals surface area contributed by atoms with Crippen molar-refractivity contribution in [3.05, 3.63) is 54.6 Å². The predicted octanol–water partition coefficient (Wildman–Crippen LogP) is 3.50. The Hall–Kier alpha value is -2.26. The van der Waals surface area contributed by atoms with Crippen LogP contribution in [0, 0.1) is 54.6 Å². The summed E-state index contributed by atoms with van der Waals surface area (Å²) >= 11 is 0. The van der Waals surface area contributed by atoms with Gasteiger partial charge in [0, 0.05) is 54.6 Å². The summed E-state index contributed by atoms with van der Waals surface area (Å²) in [6.45, 7) is 8.00. The minimum Gasteiger partial charge on any atom is -0.0776 e. The molecule has 0 aromatic heterocycles. The molecular weight excluding hydrogens is 244 g/mol. The fraction of sp³-hybridized carbons (Fsp3) is 0.714. The number of hydrogen-bond donors (Lipinski definition) is 0. The van der Waals surface area contributed by atoms with Crippen LogP contribution < -0.4 is 0 Å². The van der Waals surface area contributed by atoms with E-state index in [0.29, 0.717) is 0 Å². The second kappa shape index (κ2) is 437. The average molecular weight is 268 g/mol. The molecule has 0 atom stereocenters. The lowest BCUT2D eigenvalue weighted by Crippen LogP contribution is -0.856. The molecular formula is C7H24O10+4. The Bertz CT molecular complexity index is 28.2. The Morgan fingerprint density at radius 1 is 0.471 bits per heavy atom. The molecule has 0 aromatic carbocycles. The van der Waals surface area contributed by atoms with Gasteiger partial charge in [0.15, 0.2) is 0 Å². The second-order valence-corrected chi connectivity index (χ2v) is 0. The Morgan fingerprint density at radius 2 is 0.471 bits per heavy atom. The molecule has 0 saturated carbocycles. The largest absolute Gasteiger partial charge is 0.202 e. The Kier molecular flexibility index (Phi) is 3180. The molecule has 0 bridgehead atoms. The topological polar surface area (TPSA) is 179 Å². The highest BCUT2D eigenvalue weighted by molar-refractivity contribution is 4.08. The minimum atomic E-state index is 0. The van der Waals surface area contributed by atoms with Crippen LogP contribution in [0.1, 0.15) is 35.1 Å². The third-order valence-corrected chi connectivity index (χ3v) is 0. The van der Waals surface area contributed by atoms with Gasteiger partial charge in [0.25, 0.3) is 0 Å². The van der Waals surface area contributed by atoms with Crippen LogP contribution in [0.2, 0.25) is 0 Å². The lowest BCUT2D eigenvalue weighted by atomic mass is 11.0. The van der Waals surface area contributed by atoms with Crippen molar-refractivity contribution in [2.75, 3.05) is 0 Å². The highest BCUT2D eigenvalue weighted by Gasteiger charge is 0.934. The van der Waals surface area contributed by atoms with Crippen LogP contribution in [0.15, 0.2) is 0 Å². The maximum Gasteiger partial charge on any atom is 0.202 e. The molecule has 0 aliphatic carbocycles. The quantitative estimate of drug-likeness (QED) is 0.472. The van der Waals surface area contributed by atoms with Crippen LogP contribution in [-0.2, 0) is 0 Å². The fourth-order valence-corrected chi connectivity index (χ4v) is 0. The highest BCUT2D eigenvalue weighted by Crippen LogP contribution is 1.15. The molecule has 0 heterocycles. The number of hydrogen-bond acceptors (Lipinski definition) is 8. The minimum absolute atomic E-state index is 0. The third kappa shape index (κ3) is 371. The SMILES string of the molecule is C.CC.CC.O=O.O=O.O=O.O=[OH+].O=[OH+].[CH3+].[CH3+]. The molecule has 0 aliphatic rings. The van der Waals surface area contributed by atoms with Crippen molar-refractivity contribution < 1.29 is 9.93 Å². The summed E-state index contributed by atoms with van der Waals surface area (Å²) in [5.41, 5.74) is 0. The summed E-state index contributed by atoms with van der Waals surface area (Å²) in [4.78, 5) is 68.0. The van der Waals surface area contributed by atoms with E-state index in [4.69, 9.17) is 49.6 Å². The van der Waals surface area contributed by atoms with Crippen LogP contribution >= 0.6 is 0 Å². The van der Waals surface area contributed by atoms with Gasteiger partial charge in [0.1, 0.15) is 0 Å². The maximum atomic E-state index is 7.25. The summed E-state index contributed by atoms with van der Waals surface area (Å²) in [6.07, 6.45) is 0. The van der Waals surface area contributed by atoms with Gasteiger partial charge in [0.05, 0.1) is 0 Å². The van der Waals surface area contributed by atoms with E-state index in [9.17, 15) is 0 Å². The Labute approximate surface area is 101 Å². The van der Waals surface area contributed by atoms with Gasteiger partial charge >= 0.3 is 0 Å². The summed E-state index contributed by atoms with van der Waals surface area (Å²) in [5, 5.41) is 0. The Balaban J connectivity index is -0.00000000408. The van der Waals surface area contributed by atoms with Crippen molar-refractivity contribution in [3.63, 3.8) is 0 Å². The van der Waals surface area contributed by atoms with E-state index in [0.717, 1.165) is 0 Å². The molecule has 0 unspecified atom stereocenters. The molecule has 17 heavy (non-hydrogen) atoms. The monoisotopic (exact) mass is 268 g/mol. The van der Waals surface area contributed by atoms with Gasteiger partial charge in [-0.25, -0.2) is 0 Å². The van der Waals surface area contributed by atoms with Gasteiger partial charge in [-0.15, -0.1) is 0 Å². The average Bonchev–Trinajstić information content (AvgIpc) is 2.45. The molecule has 2 N–H and O–H groups in total. The molecule has 0 saturated heterocycles. The maximum absolute atomic E-state index is 7.25. The summed E-state index contributed by atoms with van der Waals surface area (Å²) in [7, 11) is 0. The van der Waals surface area contributed by atoms with Crippen molar-refractivity contribution in [2.45, 2.75) is 35.1 Å². The van der Waals surface area contributed by atoms with E-state index in [-0.39, 0.29) is 22.3 Å². The zero-order valence-corrected chi connectivity index (χ0v) is 10.2. The lowest BCUT2D eigenvalue weighted by molar-refractivity contribution is 0.640. The summed E-state index contributed by atoms with van der Waals surface area (Å²) in [5.74, 6) is 0. The van der Waals surface area contributed by atoms with E-state index >= 15 is 0 Å². The third-order valence-electron chi connectivity index (χ3n) is 0. The molecule has 0 aliphatic heterocycles. The van der Waals surface area contributed by atoms with E-state index < -0.39 is 0 Å². The fourth-order valence-electron chi connectivity index (χ4n) is 0. The van der Waals surface area contributed by atoms with Crippen LogP contribution in [-0.4, -0.2) is 9.93 Å². The van der Waals surface area contributed by atoms with Crippen molar-refractivity contribution in [3.8, 4) is 0 Å². The highest BCUT2D eigenvalue weighted by atomic mass is 16.7. The van der Waals surface area contributed by atoms with Crippen LogP contribution in [0.4, 0.5) is 0 Å². The van der Waals surface area contributed by atoms with E-state index in [1.54, 1.807) is 0 Å². The molecule has 0 radical (unpaired) electrons. The normalized spacial score (nSPS) is 1.88. The van der Waals surface area contributed by atoms with Gasteiger partial charge in [-0.1, -0.05) is 35.1 Å². The number of rotatable bonds is 0. The smallest absolute Gasteiger partial charge is 0.0776 e. The molecule has 0 spiro atoms. The van der Waals surface area contributed by atoms with E-state index in [1.807, 2.05) is 27.7 Å². The lowest BCUT2D eigenvalue weighted by Gasteiger charge is -1.07. The first kappa shape index (κ1) is 124. The summed E-state index contributed by atoms with van der Waals surface area (Å²) < 4.78 is 0. The molecule has 10 heteroatoms. The van der Waals surface area contributed by atoms with Crippen LogP contribution in [0.25, 0.3) is 0 Å². The van der Waals surface area contributed by atoms with Crippen LogP contribution in [0.3, 0.4) is 0 Å². The van der Waals surface area contributed by atoms with Gasteiger partial charge in [-0.3, -0.25) is 0 Å². The zero-order valence-electron chi connectivity index (χ0n) is 10.2. The van der Waals surface area contributed by atoms with Crippen molar-refractivity contribution >= 4 is 0 Å². The first-order valence-electron chi connectivity index (χ1n) is 2.87. The first-order valence-corrected chi connectivity index (χ1v) is 2.87. The predicted molar refractivity (Wildman–Crippen MR) is 73.1 cm³/mol. The molecule has 0 amide bonds. The van der Waals surface area contributed by atoms with Crippen LogP contribution in [0.5, 0.6) is 0 Å². The standard InChI is InChI=1S/2C2H6.CH4.2CH3.5O2/c2*1-2;;;;5*1-2/h2*1-2H3;1H4;2*1H3;;;;;/q;;;2*+1;;;;;/p+2. The first-order chi connectivity index (χ1) is 7.00. The van der Waals surface area contributed by atoms with Crippen molar-refractivity contribution in [2.24, 2.45) is 0 Å². The molecule has 10 nitrogen and oxygen atoms in total. The van der Waals surface area contributed by atoms with E-state index in [2.05, 4.69) is 0 Å². The molecule has 0 aromatic rings.